The van der Waals surface area contributed by atoms with Crippen LogP contribution >= 0.6 is 0 Å². The third-order valence-corrected chi connectivity index (χ3v) is 4.46. The average molecular weight is 244 g/mol. The molecular weight excluding hydrogens is 220 g/mol. The zero-order valence-electron chi connectivity index (χ0n) is 12.0. The highest BCUT2D eigenvalue weighted by molar-refractivity contribution is 5.65. The monoisotopic (exact) mass is 244 g/mol. The molecule has 18 heavy (non-hydrogen) atoms. The molecule has 1 atom stereocenters. The first kappa shape index (κ1) is 12.0. The predicted molar refractivity (Wildman–Crippen MR) is 77.0 cm³/mol. The molecule has 0 saturated heterocycles. The first-order valence-electron chi connectivity index (χ1n) is 7.20. The number of fused-ring (bicyclic) bond motifs is 2. The Morgan fingerprint density at radius 1 is 1.33 bits per heavy atom. The fraction of sp³-hybridized carbons (Fsp3) is 0.625. The zero-order valence-corrected chi connectivity index (χ0v) is 12.0. The molecule has 1 heterocycles. The van der Waals surface area contributed by atoms with Gasteiger partial charge < -0.3 is 5.43 Å². The Morgan fingerprint density at radius 3 is 2.78 bits per heavy atom. The van der Waals surface area contributed by atoms with Gasteiger partial charge >= 0.3 is 0 Å². The summed E-state index contributed by atoms with van der Waals surface area (Å²) in [5.41, 5.74) is 14.5. The maximum Gasteiger partial charge on any atom is 0.0539 e. The van der Waals surface area contributed by atoms with Crippen molar-refractivity contribution in [3.05, 3.63) is 28.3 Å². The molecular formula is C16H24N2. The van der Waals surface area contributed by atoms with Gasteiger partial charge in [0, 0.05) is 6.54 Å². The maximum absolute atomic E-state index is 3.33. The molecule has 2 aliphatic rings. The van der Waals surface area contributed by atoms with E-state index in [4.69, 9.17) is 0 Å². The second-order valence-corrected chi connectivity index (χ2v) is 6.72. The molecule has 1 aliphatic heterocycles. The molecule has 0 radical (unpaired) electrons. The van der Waals surface area contributed by atoms with Crippen molar-refractivity contribution < 1.29 is 0 Å². The highest BCUT2D eigenvalue weighted by atomic mass is 15.4. The Kier molecular flexibility index (Phi) is 2.67. The highest BCUT2D eigenvalue weighted by Crippen LogP contribution is 2.46. The predicted octanol–water partition coefficient (Wildman–Crippen LogP) is 3.85. The third-order valence-electron chi connectivity index (χ3n) is 4.46. The van der Waals surface area contributed by atoms with E-state index in [1.54, 1.807) is 16.7 Å². The molecule has 2 heteroatoms. The van der Waals surface area contributed by atoms with E-state index in [2.05, 4.69) is 44.6 Å². The summed E-state index contributed by atoms with van der Waals surface area (Å²) < 4.78 is 0. The van der Waals surface area contributed by atoms with Crippen molar-refractivity contribution in [2.45, 2.75) is 64.8 Å². The number of hydrogen-bond acceptors (Lipinski definition) is 2. The summed E-state index contributed by atoms with van der Waals surface area (Å²) in [6.07, 6.45) is 3.87. The lowest BCUT2D eigenvalue weighted by Crippen LogP contribution is -2.18. The lowest BCUT2D eigenvalue weighted by atomic mass is 9.76. The molecule has 1 aliphatic carbocycles. The Hall–Kier alpha value is -1.02. The second-order valence-electron chi connectivity index (χ2n) is 6.72. The van der Waals surface area contributed by atoms with E-state index in [1.807, 2.05) is 0 Å². The first-order chi connectivity index (χ1) is 8.52. The largest absolute Gasteiger partial charge is 0.321 e. The van der Waals surface area contributed by atoms with Crippen molar-refractivity contribution in [2.75, 3.05) is 5.43 Å². The van der Waals surface area contributed by atoms with Gasteiger partial charge in [-0.2, -0.15) is 0 Å². The molecule has 1 aromatic carbocycles. The van der Waals surface area contributed by atoms with E-state index < -0.39 is 0 Å². The van der Waals surface area contributed by atoms with Crippen LogP contribution in [0, 0.1) is 0 Å². The summed E-state index contributed by atoms with van der Waals surface area (Å²) in [6, 6.07) is 2.38. The van der Waals surface area contributed by atoms with E-state index in [9.17, 15) is 0 Å². The molecule has 0 fully saturated rings. The van der Waals surface area contributed by atoms with Gasteiger partial charge in [0.1, 0.15) is 0 Å². The number of nitrogens with one attached hydrogen (secondary N) is 2. The SMILES string of the molecule is CCC1CCc2cc3c(c(C(C)(C)C)c21)CNN3. The van der Waals surface area contributed by atoms with Gasteiger partial charge in [0.15, 0.2) is 0 Å². The highest BCUT2D eigenvalue weighted by Gasteiger charge is 2.33. The summed E-state index contributed by atoms with van der Waals surface area (Å²) in [6.45, 7) is 10.4. The van der Waals surface area contributed by atoms with Crippen LogP contribution in [0.3, 0.4) is 0 Å². The fourth-order valence-electron chi connectivity index (χ4n) is 3.73. The average Bonchev–Trinajstić information content (AvgIpc) is 2.88. The third kappa shape index (κ3) is 1.66. The van der Waals surface area contributed by atoms with Gasteiger partial charge in [0.05, 0.1) is 5.69 Å². The van der Waals surface area contributed by atoms with Crippen molar-refractivity contribution in [1.82, 2.24) is 5.43 Å². The van der Waals surface area contributed by atoms with Crippen molar-refractivity contribution in [3.8, 4) is 0 Å². The Bertz CT molecular complexity index is 483. The quantitative estimate of drug-likeness (QED) is 0.784. The van der Waals surface area contributed by atoms with E-state index in [1.165, 1.54) is 30.5 Å². The van der Waals surface area contributed by atoms with Crippen molar-refractivity contribution in [2.24, 2.45) is 0 Å². The minimum atomic E-state index is 0.237. The Morgan fingerprint density at radius 2 is 2.11 bits per heavy atom. The fourth-order valence-corrected chi connectivity index (χ4v) is 3.73. The summed E-state index contributed by atoms with van der Waals surface area (Å²) in [4.78, 5) is 0. The smallest absolute Gasteiger partial charge is 0.0539 e. The van der Waals surface area contributed by atoms with Crippen LogP contribution in [0.1, 0.15) is 68.7 Å². The summed E-state index contributed by atoms with van der Waals surface area (Å²) in [7, 11) is 0. The molecule has 1 unspecified atom stereocenters. The van der Waals surface area contributed by atoms with Crippen molar-refractivity contribution in [3.63, 3.8) is 0 Å². The molecule has 2 nitrogen and oxygen atoms in total. The minimum absolute atomic E-state index is 0.237. The molecule has 3 rings (SSSR count). The number of aryl methyl sites for hydroxylation is 1. The Labute approximate surface area is 110 Å². The molecule has 1 aromatic rings. The topological polar surface area (TPSA) is 24.1 Å². The molecule has 98 valence electrons. The number of rotatable bonds is 1. The molecule has 0 amide bonds. The van der Waals surface area contributed by atoms with Crippen LogP contribution in [0.25, 0.3) is 0 Å². The van der Waals surface area contributed by atoms with Gasteiger partial charge in [-0.05, 0) is 58.9 Å². The molecule has 2 N–H and O–H groups in total. The number of hydrazine groups is 1. The number of benzene rings is 1. The number of hydrogen-bond donors (Lipinski definition) is 2. The second kappa shape index (κ2) is 3.99. The van der Waals surface area contributed by atoms with E-state index in [0.29, 0.717) is 0 Å². The lowest BCUT2D eigenvalue weighted by Gasteiger charge is -2.28. The van der Waals surface area contributed by atoms with Crippen molar-refractivity contribution in [1.29, 1.82) is 0 Å². The van der Waals surface area contributed by atoms with E-state index in [-0.39, 0.29) is 5.41 Å². The van der Waals surface area contributed by atoms with E-state index in [0.717, 1.165) is 12.5 Å². The van der Waals surface area contributed by atoms with Gasteiger partial charge in [0.25, 0.3) is 0 Å². The Balaban J connectivity index is 2.26. The standard InChI is InChI=1S/C16H24N2/c1-5-10-6-7-11-8-13-12(9-17-18-13)15(14(10)11)16(2,3)4/h8,10,17-18H,5-7,9H2,1-4H3. The van der Waals surface area contributed by atoms with Gasteiger partial charge in [-0.25, -0.2) is 5.43 Å². The van der Waals surface area contributed by atoms with Crippen LogP contribution in [0.2, 0.25) is 0 Å². The van der Waals surface area contributed by atoms with Crippen LogP contribution in [-0.2, 0) is 18.4 Å². The molecule has 0 bridgehead atoms. The van der Waals surface area contributed by atoms with Crippen LogP contribution in [0.4, 0.5) is 5.69 Å². The maximum atomic E-state index is 3.33. The lowest BCUT2D eigenvalue weighted by molar-refractivity contribution is 0.559. The minimum Gasteiger partial charge on any atom is -0.321 e. The van der Waals surface area contributed by atoms with Gasteiger partial charge in [-0.3, -0.25) is 0 Å². The summed E-state index contributed by atoms with van der Waals surface area (Å²) in [5.74, 6) is 0.778. The first-order valence-corrected chi connectivity index (χ1v) is 7.20. The van der Waals surface area contributed by atoms with Crippen LogP contribution in [0.5, 0.6) is 0 Å². The summed E-state index contributed by atoms with van der Waals surface area (Å²) in [5, 5.41) is 0. The normalized spacial score (nSPS) is 21.7. The van der Waals surface area contributed by atoms with Crippen LogP contribution in [-0.4, -0.2) is 0 Å². The summed E-state index contributed by atoms with van der Waals surface area (Å²) >= 11 is 0. The molecule has 0 saturated carbocycles. The van der Waals surface area contributed by atoms with Crippen molar-refractivity contribution >= 4 is 5.69 Å². The van der Waals surface area contributed by atoms with E-state index >= 15 is 0 Å². The van der Waals surface area contributed by atoms with Crippen LogP contribution in [0.15, 0.2) is 6.07 Å². The van der Waals surface area contributed by atoms with Gasteiger partial charge in [-0.15, -0.1) is 0 Å². The van der Waals surface area contributed by atoms with Gasteiger partial charge in [0.2, 0.25) is 0 Å². The molecule has 0 aromatic heterocycles. The zero-order chi connectivity index (χ0) is 12.9. The number of anilines is 1. The van der Waals surface area contributed by atoms with Crippen LogP contribution < -0.4 is 10.9 Å². The molecule has 0 spiro atoms. The van der Waals surface area contributed by atoms with Gasteiger partial charge in [-0.1, -0.05) is 27.7 Å².